The summed E-state index contributed by atoms with van der Waals surface area (Å²) in [5.41, 5.74) is 0.930. The van der Waals surface area contributed by atoms with Crippen molar-refractivity contribution in [2.75, 3.05) is 13.1 Å². The second-order valence-electron chi connectivity index (χ2n) is 7.04. The molecule has 1 unspecified atom stereocenters. The van der Waals surface area contributed by atoms with E-state index in [1.807, 2.05) is 26.8 Å². The minimum absolute atomic E-state index is 0.207. The molecule has 1 aliphatic heterocycles. The number of likely N-dealkylation sites (tertiary alicyclic amines) is 1. The Balaban J connectivity index is 1.75. The number of ether oxygens (including phenoxy) is 1. The van der Waals surface area contributed by atoms with Crippen molar-refractivity contribution in [3.05, 3.63) is 35.9 Å². The molecule has 1 aromatic rings. The van der Waals surface area contributed by atoms with Crippen LogP contribution in [0.15, 0.2) is 30.3 Å². The van der Waals surface area contributed by atoms with Crippen molar-refractivity contribution in [3.8, 4) is 0 Å². The van der Waals surface area contributed by atoms with E-state index in [1.165, 1.54) is 5.56 Å². The van der Waals surface area contributed by atoms with Crippen LogP contribution in [0.2, 0.25) is 0 Å². The second-order valence-corrected chi connectivity index (χ2v) is 7.04. The fraction of sp³-hybridized carbons (Fsp3) is 0.611. The van der Waals surface area contributed by atoms with E-state index in [0.717, 1.165) is 25.9 Å². The number of nitrogens with zero attached hydrogens (tertiary/aromatic N) is 1. The van der Waals surface area contributed by atoms with Gasteiger partial charge < -0.3 is 15.0 Å². The van der Waals surface area contributed by atoms with Crippen LogP contribution in [0.1, 0.15) is 39.7 Å². The molecule has 0 spiro atoms. The number of amides is 1. The summed E-state index contributed by atoms with van der Waals surface area (Å²) in [7, 11) is 0. The first kappa shape index (κ1) is 16.8. The van der Waals surface area contributed by atoms with Gasteiger partial charge in [-0.3, -0.25) is 0 Å². The fourth-order valence-corrected chi connectivity index (χ4v) is 2.61. The lowest BCUT2D eigenvalue weighted by atomic mass is 10.0. The number of hydrogen-bond donors (Lipinski definition) is 1. The summed E-state index contributed by atoms with van der Waals surface area (Å²) < 4.78 is 5.38. The summed E-state index contributed by atoms with van der Waals surface area (Å²) in [4.78, 5) is 13.7. The molecule has 22 heavy (non-hydrogen) atoms. The van der Waals surface area contributed by atoms with Crippen molar-refractivity contribution < 1.29 is 9.53 Å². The maximum absolute atomic E-state index is 11.9. The van der Waals surface area contributed by atoms with Gasteiger partial charge in [0.05, 0.1) is 0 Å². The summed E-state index contributed by atoms with van der Waals surface area (Å²) in [6.07, 6.45) is 1.90. The highest BCUT2D eigenvalue weighted by atomic mass is 16.6. The first-order valence-electron chi connectivity index (χ1n) is 8.15. The fourth-order valence-electron chi connectivity index (χ4n) is 2.61. The first-order valence-corrected chi connectivity index (χ1v) is 8.15. The normalized spacial score (nSPS) is 17.0. The van der Waals surface area contributed by atoms with E-state index < -0.39 is 5.60 Å². The van der Waals surface area contributed by atoms with Gasteiger partial charge in [-0.1, -0.05) is 37.3 Å². The third kappa shape index (κ3) is 5.02. The Morgan fingerprint density at radius 1 is 1.32 bits per heavy atom. The molecule has 0 radical (unpaired) electrons. The molecule has 1 aliphatic rings. The van der Waals surface area contributed by atoms with Crippen LogP contribution in [0.25, 0.3) is 0 Å². The van der Waals surface area contributed by atoms with Crippen molar-refractivity contribution in [1.29, 1.82) is 0 Å². The van der Waals surface area contributed by atoms with E-state index in [2.05, 4.69) is 36.5 Å². The van der Waals surface area contributed by atoms with E-state index in [0.29, 0.717) is 12.1 Å². The predicted octanol–water partition coefficient (Wildman–Crippen LogP) is 3.22. The van der Waals surface area contributed by atoms with Gasteiger partial charge in [0.15, 0.2) is 0 Å². The van der Waals surface area contributed by atoms with Crippen molar-refractivity contribution in [2.24, 2.45) is 0 Å². The molecule has 0 aromatic heterocycles. The van der Waals surface area contributed by atoms with E-state index in [4.69, 9.17) is 4.74 Å². The van der Waals surface area contributed by atoms with Crippen molar-refractivity contribution >= 4 is 6.09 Å². The third-order valence-electron chi connectivity index (χ3n) is 3.82. The van der Waals surface area contributed by atoms with E-state index in [1.54, 1.807) is 4.90 Å². The molecule has 1 N–H and O–H groups in total. The van der Waals surface area contributed by atoms with E-state index >= 15 is 0 Å². The number of carbonyl (C=O) groups is 1. The van der Waals surface area contributed by atoms with Gasteiger partial charge in [0.2, 0.25) is 0 Å². The molecule has 1 saturated heterocycles. The third-order valence-corrected chi connectivity index (χ3v) is 3.82. The van der Waals surface area contributed by atoms with Crippen LogP contribution in [-0.2, 0) is 11.2 Å². The molecule has 1 amide bonds. The number of benzene rings is 1. The van der Waals surface area contributed by atoms with Gasteiger partial charge in [0.25, 0.3) is 0 Å². The molecule has 4 heteroatoms. The molecule has 4 nitrogen and oxygen atoms in total. The number of nitrogens with one attached hydrogen (secondary N) is 1. The highest BCUT2D eigenvalue weighted by Gasteiger charge is 2.34. The standard InChI is InChI=1S/C18H28N2O2/c1-5-15(11-14-9-7-6-8-10-14)19-16-12-20(13-16)17(21)22-18(2,3)4/h6-10,15-16,19H,5,11-13H2,1-4H3. The minimum atomic E-state index is -0.422. The lowest BCUT2D eigenvalue weighted by molar-refractivity contribution is 0.00410. The average molecular weight is 304 g/mol. The van der Waals surface area contributed by atoms with Crippen molar-refractivity contribution in [3.63, 3.8) is 0 Å². The van der Waals surface area contributed by atoms with E-state index in [9.17, 15) is 4.79 Å². The molecule has 1 heterocycles. The molecule has 0 bridgehead atoms. The van der Waals surface area contributed by atoms with Gasteiger partial charge in [-0.25, -0.2) is 4.79 Å². The van der Waals surface area contributed by atoms with Crippen LogP contribution >= 0.6 is 0 Å². The van der Waals surface area contributed by atoms with Crippen LogP contribution < -0.4 is 5.32 Å². The Bertz CT molecular complexity index is 476. The van der Waals surface area contributed by atoms with Crippen LogP contribution in [0, 0.1) is 0 Å². The first-order chi connectivity index (χ1) is 10.4. The minimum Gasteiger partial charge on any atom is -0.444 e. The van der Waals surface area contributed by atoms with Crippen LogP contribution in [0.3, 0.4) is 0 Å². The molecular weight excluding hydrogens is 276 g/mol. The lowest BCUT2D eigenvalue weighted by Gasteiger charge is -2.41. The van der Waals surface area contributed by atoms with Crippen molar-refractivity contribution in [2.45, 2.75) is 58.2 Å². The van der Waals surface area contributed by atoms with Gasteiger partial charge in [0.1, 0.15) is 5.60 Å². The maximum atomic E-state index is 11.9. The monoisotopic (exact) mass is 304 g/mol. The zero-order valence-corrected chi connectivity index (χ0v) is 14.1. The summed E-state index contributed by atoms with van der Waals surface area (Å²) in [6.45, 7) is 9.36. The van der Waals surface area contributed by atoms with Crippen LogP contribution in [0.4, 0.5) is 4.79 Å². The number of hydrogen-bond acceptors (Lipinski definition) is 3. The van der Waals surface area contributed by atoms with Gasteiger partial charge in [0, 0.05) is 25.2 Å². The highest BCUT2D eigenvalue weighted by molar-refractivity contribution is 5.69. The highest BCUT2D eigenvalue weighted by Crippen LogP contribution is 2.16. The molecule has 2 rings (SSSR count). The molecule has 1 atom stereocenters. The summed E-state index contributed by atoms with van der Waals surface area (Å²) in [5.74, 6) is 0. The average Bonchev–Trinajstić information content (AvgIpc) is 2.40. The van der Waals surface area contributed by atoms with Crippen LogP contribution in [0.5, 0.6) is 0 Å². The van der Waals surface area contributed by atoms with Gasteiger partial charge in [-0.05, 0) is 39.2 Å². The molecule has 0 aliphatic carbocycles. The summed E-state index contributed by atoms with van der Waals surface area (Å²) in [6, 6.07) is 11.4. The lowest BCUT2D eigenvalue weighted by Crippen LogP contribution is -2.62. The molecule has 122 valence electrons. The predicted molar refractivity (Wildman–Crippen MR) is 89.0 cm³/mol. The van der Waals surface area contributed by atoms with E-state index in [-0.39, 0.29) is 6.09 Å². The molecule has 0 saturated carbocycles. The zero-order valence-electron chi connectivity index (χ0n) is 14.1. The maximum Gasteiger partial charge on any atom is 0.410 e. The van der Waals surface area contributed by atoms with Gasteiger partial charge in [-0.15, -0.1) is 0 Å². The largest absolute Gasteiger partial charge is 0.444 e. The second kappa shape index (κ2) is 7.14. The zero-order chi connectivity index (χ0) is 16.2. The topological polar surface area (TPSA) is 41.6 Å². The smallest absolute Gasteiger partial charge is 0.410 e. The summed E-state index contributed by atoms with van der Waals surface area (Å²) in [5, 5.41) is 3.65. The van der Waals surface area contributed by atoms with Gasteiger partial charge in [-0.2, -0.15) is 0 Å². The molecular formula is C18H28N2O2. The van der Waals surface area contributed by atoms with Crippen LogP contribution in [-0.4, -0.2) is 41.8 Å². The Labute approximate surface area is 133 Å². The van der Waals surface area contributed by atoms with Gasteiger partial charge >= 0.3 is 6.09 Å². The Hall–Kier alpha value is -1.55. The Kier molecular flexibility index (Phi) is 5.46. The summed E-state index contributed by atoms with van der Waals surface area (Å²) >= 11 is 0. The SMILES string of the molecule is CCC(Cc1ccccc1)NC1CN(C(=O)OC(C)(C)C)C1. The number of rotatable bonds is 5. The number of carbonyl (C=O) groups excluding carboxylic acids is 1. The van der Waals surface area contributed by atoms with Crippen molar-refractivity contribution in [1.82, 2.24) is 10.2 Å². The molecule has 1 aromatic carbocycles. The Morgan fingerprint density at radius 2 is 1.95 bits per heavy atom. The Morgan fingerprint density at radius 3 is 2.50 bits per heavy atom. The quantitative estimate of drug-likeness (QED) is 0.908. The molecule has 1 fully saturated rings.